The average molecular weight is 368 g/mol. The fraction of sp³-hybridized carbons (Fsp3) is 0.118. The summed E-state index contributed by atoms with van der Waals surface area (Å²) in [6.45, 7) is -0.212. The van der Waals surface area contributed by atoms with Gasteiger partial charge in [-0.1, -0.05) is 35.5 Å². The molecule has 2 aromatic heterocycles. The van der Waals surface area contributed by atoms with E-state index in [1.54, 1.807) is 24.3 Å². The van der Waals surface area contributed by atoms with Crippen LogP contribution in [-0.2, 0) is 22.7 Å². The molecular formula is C17H12N4O4S. The largest absolute Gasteiger partial charge is 0.337 e. The summed E-state index contributed by atoms with van der Waals surface area (Å²) in [5, 5.41) is 7.56. The molecule has 0 atom stereocenters. The fourth-order valence-corrected chi connectivity index (χ4v) is 3.19. The van der Waals surface area contributed by atoms with Gasteiger partial charge in [-0.25, -0.2) is 9.69 Å². The lowest BCUT2D eigenvalue weighted by Crippen LogP contribution is -2.32. The summed E-state index contributed by atoms with van der Waals surface area (Å²) in [6, 6.07) is 10.1. The van der Waals surface area contributed by atoms with Gasteiger partial charge in [0, 0.05) is 10.9 Å². The summed E-state index contributed by atoms with van der Waals surface area (Å²) < 4.78 is 5.10. The number of carbonyl (C=O) groups is 3. The zero-order valence-electron chi connectivity index (χ0n) is 13.4. The maximum absolute atomic E-state index is 12.5. The van der Waals surface area contributed by atoms with Crippen molar-refractivity contribution >= 4 is 29.2 Å². The highest BCUT2D eigenvalue weighted by atomic mass is 32.1. The van der Waals surface area contributed by atoms with Crippen LogP contribution in [0.4, 0.5) is 4.79 Å². The molecule has 3 aromatic rings. The molecule has 0 spiro atoms. The van der Waals surface area contributed by atoms with Crippen molar-refractivity contribution in [2.45, 2.75) is 13.1 Å². The van der Waals surface area contributed by atoms with Gasteiger partial charge in [0.15, 0.2) is 0 Å². The molecule has 130 valence electrons. The lowest BCUT2D eigenvalue weighted by atomic mass is 10.2. The minimum Gasteiger partial charge on any atom is -0.337 e. The van der Waals surface area contributed by atoms with Crippen LogP contribution >= 0.6 is 11.3 Å². The third-order valence-electron chi connectivity index (χ3n) is 3.86. The van der Waals surface area contributed by atoms with Crippen molar-refractivity contribution in [3.8, 4) is 11.4 Å². The van der Waals surface area contributed by atoms with E-state index in [-0.39, 0.29) is 19.0 Å². The molecule has 1 saturated heterocycles. The smallest absolute Gasteiger partial charge is 0.335 e. The summed E-state index contributed by atoms with van der Waals surface area (Å²) in [4.78, 5) is 42.7. The number of thiophene rings is 1. The molecule has 0 radical (unpaired) electrons. The summed E-state index contributed by atoms with van der Waals surface area (Å²) in [5.41, 5.74) is 1.53. The quantitative estimate of drug-likeness (QED) is 0.506. The molecular weight excluding hydrogens is 356 g/mol. The minimum absolute atomic E-state index is 0.0325. The lowest BCUT2D eigenvalue weighted by Gasteiger charge is -2.14. The first kappa shape index (κ1) is 16.2. The van der Waals surface area contributed by atoms with Crippen LogP contribution in [-0.4, -0.2) is 37.8 Å². The van der Waals surface area contributed by atoms with Gasteiger partial charge < -0.3 is 4.52 Å². The number of rotatable bonds is 5. The van der Waals surface area contributed by atoms with Crippen LogP contribution in [0.2, 0.25) is 0 Å². The third-order valence-corrected chi connectivity index (χ3v) is 4.54. The molecule has 3 heterocycles. The van der Waals surface area contributed by atoms with Crippen molar-refractivity contribution in [3.05, 3.63) is 58.6 Å². The zero-order valence-corrected chi connectivity index (χ0v) is 14.2. The lowest BCUT2D eigenvalue weighted by molar-refractivity contribution is -0.143. The van der Waals surface area contributed by atoms with Crippen molar-refractivity contribution in [3.63, 3.8) is 0 Å². The first-order valence-corrected chi connectivity index (χ1v) is 8.64. The topological polar surface area (TPSA) is 96.6 Å². The Hall–Kier alpha value is -3.33. The standard InChI is InChI=1S/C17H12N4O4S/c22-15-16(23)21(17(24)20(15)8-11-4-2-1-3-5-11)9-13-18-14(19-25-13)12-6-7-26-10-12/h1-7,10H,8-9H2. The van der Waals surface area contributed by atoms with Crippen LogP contribution in [0, 0.1) is 0 Å². The molecule has 1 aliphatic rings. The zero-order chi connectivity index (χ0) is 18.1. The van der Waals surface area contributed by atoms with Gasteiger partial charge >= 0.3 is 17.8 Å². The van der Waals surface area contributed by atoms with Crippen molar-refractivity contribution in [2.75, 3.05) is 0 Å². The summed E-state index contributed by atoms with van der Waals surface area (Å²) >= 11 is 1.49. The molecule has 0 saturated carbocycles. The Labute approximate surface area is 151 Å². The Bertz CT molecular complexity index is 968. The van der Waals surface area contributed by atoms with Crippen LogP contribution < -0.4 is 0 Å². The Balaban J connectivity index is 1.51. The minimum atomic E-state index is -0.902. The molecule has 4 amide bonds. The van der Waals surface area contributed by atoms with E-state index < -0.39 is 17.8 Å². The fourth-order valence-electron chi connectivity index (χ4n) is 2.56. The predicted octanol–water partition coefficient (Wildman–Crippen LogP) is 2.29. The number of imide groups is 2. The van der Waals surface area contributed by atoms with E-state index in [0.717, 1.165) is 20.9 Å². The molecule has 0 unspecified atom stereocenters. The second-order valence-corrected chi connectivity index (χ2v) is 6.35. The Morgan fingerprint density at radius 3 is 2.38 bits per heavy atom. The molecule has 4 rings (SSSR count). The number of urea groups is 1. The number of aromatic nitrogens is 2. The van der Waals surface area contributed by atoms with Crippen molar-refractivity contribution in [2.24, 2.45) is 0 Å². The van der Waals surface area contributed by atoms with Gasteiger partial charge in [0.25, 0.3) is 0 Å². The number of nitrogens with zero attached hydrogens (tertiary/aromatic N) is 4. The molecule has 1 fully saturated rings. The average Bonchev–Trinajstić information content (AvgIpc) is 3.37. The van der Waals surface area contributed by atoms with E-state index in [9.17, 15) is 14.4 Å². The van der Waals surface area contributed by atoms with Crippen LogP contribution in [0.1, 0.15) is 11.5 Å². The van der Waals surface area contributed by atoms with E-state index in [1.807, 2.05) is 22.9 Å². The number of carbonyl (C=O) groups excluding carboxylic acids is 3. The molecule has 9 heteroatoms. The molecule has 0 bridgehead atoms. The van der Waals surface area contributed by atoms with Gasteiger partial charge in [-0.2, -0.15) is 16.3 Å². The van der Waals surface area contributed by atoms with Crippen molar-refractivity contribution < 1.29 is 18.9 Å². The predicted molar refractivity (Wildman–Crippen MR) is 90.5 cm³/mol. The monoisotopic (exact) mass is 368 g/mol. The molecule has 1 aliphatic heterocycles. The van der Waals surface area contributed by atoms with Crippen LogP contribution in [0.25, 0.3) is 11.4 Å². The van der Waals surface area contributed by atoms with Gasteiger partial charge in [-0.15, -0.1) is 0 Å². The van der Waals surface area contributed by atoms with Gasteiger partial charge in [-0.05, 0) is 17.0 Å². The number of amides is 4. The number of benzene rings is 1. The maximum atomic E-state index is 12.5. The summed E-state index contributed by atoms with van der Waals surface area (Å²) in [7, 11) is 0. The van der Waals surface area contributed by atoms with Gasteiger partial charge in [0.05, 0.1) is 6.54 Å². The summed E-state index contributed by atoms with van der Waals surface area (Å²) in [5.74, 6) is -1.31. The normalized spacial score (nSPS) is 14.5. The summed E-state index contributed by atoms with van der Waals surface area (Å²) in [6.07, 6.45) is 0. The van der Waals surface area contributed by atoms with Crippen LogP contribution in [0.5, 0.6) is 0 Å². The van der Waals surface area contributed by atoms with Gasteiger partial charge in [-0.3, -0.25) is 14.5 Å². The Kier molecular flexibility index (Phi) is 4.05. The molecule has 1 aromatic carbocycles. The third kappa shape index (κ3) is 2.88. The maximum Gasteiger partial charge on any atom is 0.335 e. The van der Waals surface area contributed by atoms with Crippen molar-refractivity contribution in [1.82, 2.24) is 19.9 Å². The van der Waals surface area contributed by atoms with E-state index in [4.69, 9.17) is 4.52 Å². The van der Waals surface area contributed by atoms with E-state index >= 15 is 0 Å². The van der Waals surface area contributed by atoms with E-state index in [1.165, 1.54) is 11.3 Å². The molecule has 8 nitrogen and oxygen atoms in total. The highest BCUT2D eigenvalue weighted by Gasteiger charge is 2.45. The van der Waals surface area contributed by atoms with Crippen LogP contribution in [0.15, 0.2) is 51.7 Å². The van der Waals surface area contributed by atoms with Gasteiger partial charge in [0.1, 0.15) is 6.54 Å². The van der Waals surface area contributed by atoms with Crippen LogP contribution in [0.3, 0.4) is 0 Å². The highest BCUT2D eigenvalue weighted by molar-refractivity contribution is 7.08. The first-order chi connectivity index (χ1) is 12.6. The Morgan fingerprint density at radius 2 is 1.69 bits per heavy atom. The second-order valence-electron chi connectivity index (χ2n) is 5.57. The molecule has 0 aliphatic carbocycles. The highest BCUT2D eigenvalue weighted by Crippen LogP contribution is 2.21. The SMILES string of the molecule is O=C1C(=O)N(Cc2nc(-c3ccsc3)no2)C(=O)N1Cc1ccccc1. The molecule has 26 heavy (non-hydrogen) atoms. The van der Waals surface area contributed by atoms with Crippen molar-refractivity contribution in [1.29, 1.82) is 0 Å². The Morgan fingerprint density at radius 1 is 0.962 bits per heavy atom. The van der Waals surface area contributed by atoms with E-state index in [2.05, 4.69) is 10.1 Å². The first-order valence-electron chi connectivity index (χ1n) is 7.70. The number of hydrogen-bond donors (Lipinski definition) is 0. The number of hydrogen-bond acceptors (Lipinski definition) is 7. The second kappa shape index (κ2) is 6.52. The van der Waals surface area contributed by atoms with Gasteiger partial charge in [0.2, 0.25) is 11.7 Å². The molecule has 0 N–H and O–H groups in total. The van der Waals surface area contributed by atoms with E-state index in [0.29, 0.717) is 5.82 Å².